The smallest absolute Gasteiger partial charge is 0.258 e. The van der Waals surface area contributed by atoms with Crippen LogP contribution in [0, 0.1) is 0 Å². The van der Waals surface area contributed by atoms with Gasteiger partial charge in [0.25, 0.3) is 14.7 Å². The average Bonchev–Trinajstić information content (AvgIpc) is 2.48. The van der Waals surface area contributed by atoms with Gasteiger partial charge < -0.3 is 10.0 Å². The molecular formula is C14H14B4O2. The van der Waals surface area contributed by atoms with Crippen molar-refractivity contribution in [1.29, 1.82) is 0 Å². The Morgan fingerprint density at radius 3 is 1.55 bits per heavy atom. The van der Waals surface area contributed by atoms with Crippen LogP contribution in [0.2, 0.25) is 0 Å². The van der Waals surface area contributed by atoms with Crippen LogP contribution in [-0.2, 0) is 0 Å². The third kappa shape index (κ3) is 2.49. The highest BCUT2D eigenvalue weighted by molar-refractivity contribution is 7.30. The van der Waals surface area contributed by atoms with E-state index in [1.165, 1.54) is 14.7 Å². The summed E-state index contributed by atoms with van der Waals surface area (Å²) in [5, 5.41) is 19.3. The van der Waals surface area contributed by atoms with Gasteiger partial charge in [0.15, 0.2) is 0 Å². The van der Waals surface area contributed by atoms with Gasteiger partial charge in [-0.05, 0) is 0 Å². The minimum absolute atomic E-state index is 0.230. The Balaban J connectivity index is 2.71. The number of fused-ring (bicyclic) bond motifs is 1. The topological polar surface area (TPSA) is 40.5 Å². The van der Waals surface area contributed by atoms with Gasteiger partial charge in [-0.15, -0.1) is 0 Å². The van der Waals surface area contributed by atoms with E-state index < -0.39 is 0 Å². The van der Waals surface area contributed by atoms with E-state index in [0.717, 1.165) is 21.9 Å². The van der Waals surface area contributed by atoms with Crippen LogP contribution >= 0.6 is 0 Å². The molecule has 0 atom stereocenters. The van der Waals surface area contributed by atoms with Crippen molar-refractivity contribution in [1.82, 2.24) is 0 Å². The van der Waals surface area contributed by atoms with E-state index in [2.05, 4.69) is 13.2 Å². The Kier molecular flexibility index (Phi) is 4.94. The van der Waals surface area contributed by atoms with Crippen LogP contribution in [0.5, 0.6) is 0 Å². The van der Waals surface area contributed by atoms with Crippen molar-refractivity contribution in [2.24, 2.45) is 0 Å². The summed E-state index contributed by atoms with van der Waals surface area (Å²) in [6.07, 6.45) is 7.09. The van der Waals surface area contributed by atoms with Gasteiger partial charge in [0.05, 0.1) is 0 Å². The van der Waals surface area contributed by atoms with E-state index in [-0.39, 0.29) is 13.2 Å². The van der Waals surface area contributed by atoms with Gasteiger partial charge in [0.1, 0.15) is 0 Å². The number of hydrogen-bond donors (Lipinski definition) is 2. The van der Waals surface area contributed by atoms with Crippen LogP contribution in [0.3, 0.4) is 0 Å². The predicted octanol–water partition coefficient (Wildman–Crippen LogP) is -0.377. The summed E-state index contributed by atoms with van der Waals surface area (Å²) in [7, 11) is 2.36. The van der Waals surface area contributed by atoms with E-state index in [1.54, 1.807) is 12.2 Å². The number of allylic oxidation sites excluding steroid dienone is 6. The van der Waals surface area contributed by atoms with Gasteiger partial charge in [-0.2, -0.15) is 0 Å². The van der Waals surface area contributed by atoms with Crippen LogP contribution in [-0.4, -0.2) is 38.0 Å². The molecule has 0 unspecified atom stereocenters. The second kappa shape index (κ2) is 6.69. The molecule has 2 N–H and O–H groups in total. The van der Waals surface area contributed by atoms with E-state index >= 15 is 0 Å². The fourth-order valence-corrected chi connectivity index (χ4v) is 2.75. The lowest BCUT2D eigenvalue weighted by molar-refractivity contribution is 0.619. The number of rotatable bonds is 4. The number of benzene rings is 1. The zero-order valence-electron chi connectivity index (χ0n) is 11.2. The first kappa shape index (κ1) is 14.8. The first-order valence-electron chi connectivity index (χ1n) is 6.48. The standard InChI is InChI=1S/C14H14B4O2/c1-3-7-11-12(8-4-2)18(16-20)14-10-6-5-9-13(14)17(11)15-19/h3-10,19-20H,1-2H2/b11-7+,12-8+. The third-order valence-electron chi connectivity index (χ3n) is 3.56. The molecule has 0 aromatic heterocycles. The average molecular weight is 258 g/mol. The lowest BCUT2D eigenvalue weighted by atomic mass is 9.08. The first-order valence-corrected chi connectivity index (χ1v) is 6.48. The molecule has 2 nitrogen and oxygen atoms in total. The van der Waals surface area contributed by atoms with Gasteiger partial charge >= 0.3 is 0 Å². The van der Waals surface area contributed by atoms with Crippen molar-refractivity contribution in [3.05, 3.63) is 72.7 Å². The van der Waals surface area contributed by atoms with Gasteiger partial charge in [0, 0.05) is 0 Å². The summed E-state index contributed by atoms with van der Waals surface area (Å²) in [6.45, 7) is 6.99. The lowest BCUT2D eigenvalue weighted by Crippen LogP contribution is -2.61. The normalized spacial score (nSPS) is 17.9. The number of hydrogen-bond acceptors (Lipinski definition) is 2. The van der Waals surface area contributed by atoms with E-state index in [4.69, 9.17) is 0 Å². The molecule has 1 aliphatic rings. The maximum Gasteiger partial charge on any atom is 0.258 e. The minimum atomic E-state index is -0.230. The lowest BCUT2D eigenvalue weighted by Gasteiger charge is -2.31. The molecule has 1 aliphatic heterocycles. The molecule has 0 amide bonds. The van der Waals surface area contributed by atoms with Gasteiger partial charge in [-0.25, -0.2) is 0 Å². The highest BCUT2D eigenvalue weighted by Crippen LogP contribution is 2.20. The zero-order valence-corrected chi connectivity index (χ0v) is 11.2. The summed E-state index contributed by atoms with van der Waals surface area (Å²) in [5.41, 5.74) is 3.80. The summed E-state index contributed by atoms with van der Waals surface area (Å²) < 4.78 is 0. The van der Waals surface area contributed by atoms with Gasteiger partial charge in [0.2, 0.25) is 13.2 Å². The van der Waals surface area contributed by atoms with Crippen molar-refractivity contribution in [3.8, 4) is 0 Å². The second-order valence-corrected chi connectivity index (χ2v) is 4.60. The van der Waals surface area contributed by atoms with E-state index in [9.17, 15) is 10.0 Å². The molecule has 0 spiro atoms. The highest BCUT2D eigenvalue weighted by atomic mass is 16.2. The molecule has 6 heteroatoms. The molecule has 0 saturated carbocycles. The van der Waals surface area contributed by atoms with Gasteiger partial charge in [-0.1, -0.05) is 83.6 Å². The predicted molar refractivity (Wildman–Crippen MR) is 89.7 cm³/mol. The second-order valence-electron chi connectivity index (χ2n) is 4.60. The van der Waals surface area contributed by atoms with Crippen molar-refractivity contribution < 1.29 is 10.0 Å². The van der Waals surface area contributed by atoms with Crippen molar-refractivity contribution in [2.45, 2.75) is 0 Å². The molecule has 94 valence electrons. The fourth-order valence-electron chi connectivity index (χ4n) is 2.75. The summed E-state index contributed by atoms with van der Waals surface area (Å²) in [4.78, 5) is 0. The molecule has 0 aliphatic carbocycles. The molecule has 0 bridgehead atoms. The van der Waals surface area contributed by atoms with E-state index in [0.29, 0.717) is 0 Å². The van der Waals surface area contributed by atoms with Crippen molar-refractivity contribution >= 4 is 38.9 Å². The molecule has 1 aromatic rings. The monoisotopic (exact) mass is 258 g/mol. The Hall–Kier alpha value is -1.64. The molecular weight excluding hydrogens is 243 g/mol. The Bertz CT molecular complexity index is 529. The Morgan fingerprint density at radius 2 is 1.25 bits per heavy atom. The Labute approximate surface area is 122 Å². The van der Waals surface area contributed by atoms with Crippen LogP contribution < -0.4 is 10.9 Å². The van der Waals surface area contributed by atoms with Crippen molar-refractivity contribution in [2.75, 3.05) is 0 Å². The SMILES string of the molecule is C=C/C=C1/B([B]O)c2ccccc2B([B]O)/C1=C/C=C. The maximum atomic E-state index is 9.65. The largest absolute Gasteiger partial charge is 0.463 e. The molecule has 2 rings (SSSR count). The third-order valence-corrected chi connectivity index (χ3v) is 3.56. The summed E-state index contributed by atoms with van der Waals surface area (Å²) in [5.74, 6) is 0. The van der Waals surface area contributed by atoms with Gasteiger partial charge in [-0.3, -0.25) is 0 Å². The molecule has 20 heavy (non-hydrogen) atoms. The molecule has 0 fully saturated rings. The Morgan fingerprint density at radius 1 is 0.850 bits per heavy atom. The highest BCUT2D eigenvalue weighted by Gasteiger charge is 2.38. The maximum absolute atomic E-state index is 9.65. The summed E-state index contributed by atoms with van der Waals surface area (Å²) >= 11 is 0. The minimum Gasteiger partial charge on any atom is -0.463 e. The quantitative estimate of drug-likeness (QED) is 0.722. The van der Waals surface area contributed by atoms with Crippen LogP contribution in [0.1, 0.15) is 0 Å². The zero-order chi connectivity index (χ0) is 14.5. The first-order chi connectivity index (χ1) is 9.78. The molecule has 0 saturated heterocycles. The fraction of sp³-hybridized carbons (Fsp3) is 0. The van der Waals surface area contributed by atoms with Crippen LogP contribution in [0.25, 0.3) is 0 Å². The molecule has 1 heterocycles. The van der Waals surface area contributed by atoms with E-state index in [1.807, 2.05) is 36.4 Å². The van der Waals surface area contributed by atoms with Crippen LogP contribution in [0.4, 0.5) is 0 Å². The van der Waals surface area contributed by atoms with Crippen molar-refractivity contribution in [3.63, 3.8) is 0 Å². The van der Waals surface area contributed by atoms with Crippen LogP contribution in [0.15, 0.2) is 72.7 Å². The molecule has 1 aromatic carbocycles. The molecule has 2 radical (unpaired) electrons. The summed E-state index contributed by atoms with van der Waals surface area (Å²) in [6, 6.07) is 7.78.